The summed E-state index contributed by atoms with van der Waals surface area (Å²) in [6, 6.07) is 23.4. The SMILES string of the molecule is CC1=[C-]C(C)C(C)=C1C.[Cl-].[Cl-].[Si]=[Zr+2].c1ccc(-c2c[cH-]c3ccccc23)cc1. The molecule has 28 heavy (non-hydrogen) atoms. The zero-order valence-corrected chi connectivity index (χ0v) is 21.7. The molecule has 4 heteroatoms. The summed E-state index contributed by atoms with van der Waals surface area (Å²) in [6.07, 6.45) is 3.36. The second-order valence-electron chi connectivity index (χ2n) is 6.50. The van der Waals surface area contributed by atoms with Crippen molar-refractivity contribution in [3.05, 3.63) is 89.5 Å². The molecule has 0 aromatic heterocycles. The molecule has 0 N–H and O–H groups in total. The van der Waals surface area contributed by atoms with Crippen molar-refractivity contribution >= 4 is 17.7 Å². The van der Waals surface area contributed by atoms with Gasteiger partial charge in [0.1, 0.15) is 0 Å². The van der Waals surface area contributed by atoms with Crippen LogP contribution < -0.4 is 24.8 Å². The molecule has 1 unspecified atom stereocenters. The molecular weight excluding hydrogens is 478 g/mol. The van der Waals surface area contributed by atoms with Crippen LogP contribution in [0.15, 0.2) is 83.4 Å². The van der Waals surface area contributed by atoms with E-state index in [9.17, 15) is 0 Å². The van der Waals surface area contributed by atoms with Crippen molar-refractivity contribution in [3.63, 3.8) is 0 Å². The van der Waals surface area contributed by atoms with Crippen molar-refractivity contribution in [3.8, 4) is 11.1 Å². The van der Waals surface area contributed by atoms with Gasteiger partial charge in [0.05, 0.1) is 0 Å². The van der Waals surface area contributed by atoms with E-state index >= 15 is 0 Å². The van der Waals surface area contributed by atoms with Gasteiger partial charge < -0.3 is 24.8 Å². The summed E-state index contributed by atoms with van der Waals surface area (Å²) in [5.74, 6) is 0.560. The van der Waals surface area contributed by atoms with Gasteiger partial charge >= 0.3 is 30.2 Å². The first-order valence-electron chi connectivity index (χ1n) is 8.80. The van der Waals surface area contributed by atoms with E-state index in [2.05, 4.69) is 107 Å². The van der Waals surface area contributed by atoms with E-state index in [0.717, 1.165) is 0 Å². The number of rotatable bonds is 1. The molecule has 0 saturated carbocycles. The Balaban J connectivity index is 0.000000491. The maximum atomic E-state index is 3.36. The van der Waals surface area contributed by atoms with Crippen LogP contribution in [-0.2, 0) is 23.3 Å². The van der Waals surface area contributed by atoms with Gasteiger partial charge in [-0.2, -0.15) is 11.1 Å². The van der Waals surface area contributed by atoms with Crippen molar-refractivity contribution in [2.45, 2.75) is 27.7 Å². The second-order valence-corrected chi connectivity index (χ2v) is 6.50. The molecule has 144 valence electrons. The Labute approximate surface area is 198 Å². The zero-order chi connectivity index (χ0) is 19.1. The minimum Gasteiger partial charge on any atom is -0.150 e. The Morgan fingerprint density at radius 3 is 1.96 bits per heavy atom. The smallest absolute Gasteiger partial charge is 0.0623 e. The fraction of sp³-hybridized carbons (Fsp3) is 0.208. The van der Waals surface area contributed by atoms with Crippen molar-refractivity contribution in [2.24, 2.45) is 5.92 Å². The van der Waals surface area contributed by atoms with Crippen LogP contribution in [0, 0.1) is 12.0 Å². The number of allylic oxidation sites excluding steroid dienone is 4. The first-order chi connectivity index (χ1) is 12.6. The summed E-state index contributed by atoms with van der Waals surface area (Å²) in [4.78, 5) is 0. The van der Waals surface area contributed by atoms with Crippen molar-refractivity contribution in [1.82, 2.24) is 0 Å². The van der Waals surface area contributed by atoms with Crippen LogP contribution in [0.2, 0.25) is 0 Å². The second kappa shape index (κ2) is 13.4. The van der Waals surface area contributed by atoms with E-state index in [-0.39, 0.29) is 24.8 Å². The van der Waals surface area contributed by atoms with Gasteiger partial charge in [0, 0.05) is 0 Å². The quantitative estimate of drug-likeness (QED) is 0.337. The minimum atomic E-state index is 0. The molecule has 0 fully saturated rings. The van der Waals surface area contributed by atoms with Gasteiger partial charge in [-0.05, 0) is 0 Å². The Kier molecular flexibility index (Phi) is 13.1. The van der Waals surface area contributed by atoms with Crippen molar-refractivity contribution in [2.75, 3.05) is 0 Å². The molecule has 3 aromatic rings. The van der Waals surface area contributed by atoms with E-state index in [1.54, 1.807) is 0 Å². The molecule has 0 spiro atoms. The topological polar surface area (TPSA) is 0 Å². The Hall–Kier alpha value is -0.790. The molecule has 2 radical (unpaired) electrons. The van der Waals surface area contributed by atoms with Gasteiger partial charge in [0.15, 0.2) is 0 Å². The normalized spacial score (nSPS) is 14.6. The minimum absolute atomic E-state index is 0. The van der Waals surface area contributed by atoms with E-state index < -0.39 is 0 Å². The molecule has 0 saturated heterocycles. The van der Waals surface area contributed by atoms with Gasteiger partial charge in [-0.3, -0.25) is 6.08 Å². The van der Waals surface area contributed by atoms with Crippen LogP contribution in [0.4, 0.5) is 0 Å². The van der Waals surface area contributed by atoms with E-state index in [1.165, 1.54) is 62.0 Å². The van der Waals surface area contributed by atoms with Crippen LogP contribution in [-0.4, -0.2) is 6.88 Å². The summed E-state index contributed by atoms with van der Waals surface area (Å²) in [5, 5.41) is 2.65. The maximum absolute atomic E-state index is 3.36. The summed E-state index contributed by atoms with van der Waals surface area (Å²) in [7, 11) is 0. The number of halogens is 2. The van der Waals surface area contributed by atoms with Crippen molar-refractivity contribution < 1.29 is 48.1 Å². The third-order valence-corrected chi connectivity index (χ3v) is 5.00. The average molecular weight is 503 g/mol. The molecular formula is C24H24Cl2SiZr-2. The predicted octanol–water partition coefficient (Wildman–Crippen LogP) is 0.572. The first-order valence-corrected chi connectivity index (χ1v) is 13.0. The van der Waals surface area contributed by atoms with Crippen LogP contribution in [0.25, 0.3) is 21.9 Å². The van der Waals surface area contributed by atoms with Gasteiger partial charge in [0.2, 0.25) is 0 Å². The number of hydrogen-bond donors (Lipinski definition) is 0. The largest absolute Gasteiger partial charge is 0.150 e. The Morgan fingerprint density at radius 1 is 0.893 bits per heavy atom. The van der Waals surface area contributed by atoms with E-state index in [4.69, 9.17) is 0 Å². The molecule has 3 aromatic carbocycles. The molecule has 0 heterocycles. The molecule has 0 nitrogen and oxygen atoms in total. The molecule has 0 aliphatic heterocycles. The molecule has 0 amide bonds. The molecule has 1 aliphatic rings. The van der Waals surface area contributed by atoms with E-state index in [1.807, 2.05) is 0 Å². The monoisotopic (exact) mass is 500 g/mol. The molecule has 1 aliphatic carbocycles. The predicted molar refractivity (Wildman–Crippen MR) is 111 cm³/mol. The van der Waals surface area contributed by atoms with Crippen molar-refractivity contribution in [1.29, 1.82) is 0 Å². The summed E-state index contributed by atoms with van der Waals surface area (Å²) >= 11 is 1.36. The maximum Gasteiger partial charge on any atom is -0.0623 e. The number of fused-ring (bicyclic) bond motifs is 1. The number of benzene rings is 2. The van der Waals surface area contributed by atoms with Crippen LogP contribution in [0.5, 0.6) is 0 Å². The van der Waals surface area contributed by atoms with Crippen LogP contribution >= 0.6 is 0 Å². The fourth-order valence-corrected chi connectivity index (χ4v) is 3.18. The summed E-state index contributed by atoms with van der Waals surface area (Å²) in [5.41, 5.74) is 6.86. The van der Waals surface area contributed by atoms with Gasteiger partial charge in [-0.1, -0.05) is 68.7 Å². The van der Waals surface area contributed by atoms with Gasteiger partial charge in [0.25, 0.3) is 0 Å². The zero-order valence-electron chi connectivity index (χ0n) is 16.7. The van der Waals surface area contributed by atoms with E-state index in [0.29, 0.717) is 5.92 Å². The van der Waals surface area contributed by atoms with Crippen LogP contribution in [0.1, 0.15) is 27.7 Å². The first kappa shape index (κ1) is 27.2. The van der Waals surface area contributed by atoms with Gasteiger partial charge in [-0.25, -0.2) is 5.57 Å². The Bertz CT molecular complexity index is 926. The third-order valence-electron chi connectivity index (χ3n) is 5.00. The molecule has 1 atom stereocenters. The Morgan fingerprint density at radius 2 is 1.46 bits per heavy atom. The molecule has 0 bridgehead atoms. The van der Waals surface area contributed by atoms with Gasteiger partial charge in [-0.15, -0.1) is 53.6 Å². The fourth-order valence-electron chi connectivity index (χ4n) is 3.18. The summed E-state index contributed by atoms with van der Waals surface area (Å²) < 4.78 is 0. The molecule has 4 rings (SSSR count). The van der Waals surface area contributed by atoms with Crippen LogP contribution in [0.3, 0.4) is 0 Å². The average Bonchev–Trinajstić information content (AvgIpc) is 3.22. The third kappa shape index (κ3) is 6.63. The number of hydrogen-bond acceptors (Lipinski definition) is 0. The summed E-state index contributed by atoms with van der Waals surface area (Å²) in [6.45, 7) is 11.7. The standard InChI is InChI=1S/C15H11.C9H13.2ClH.Si.Zr/c1-2-6-12(7-3-1)15-11-10-13-8-4-5-9-14(13)15;1-6-5-7(2)9(4)8(6)3;;;;/h1-11H;6H,1-4H3;2*1H;;/q2*-1;;;;+2/p-2.